The highest BCUT2D eigenvalue weighted by molar-refractivity contribution is 7.22. The first kappa shape index (κ1) is 14.2. The summed E-state index contributed by atoms with van der Waals surface area (Å²) in [5, 5.41) is 13.1. The van der Waals surface area contributed by atoms with Gasteiger partial charge in [-0.3, -0.25) is 4.90 Å². The minimum Gasteiger partial charge on any atom is -0.478 e. The molecule has 3 rings (SSSR count). The van der Waals surface area contributed by atoms with E-state index in [1.54, 1.807) is 18.2 Å². The molecule has 1 fully saturated rings. The fraction of sp³-hybridized carbons (Fsp3) is 0.429. The molecule has 1 saturated heterocycles. The number of carboxylic acids is 1. The van der Waals surface area contributed by atoms with Crippen molar-refractivity contribution in [1.29, 1.82) is 0 Å². The first-order valence-corrected chi connectivity index (χ1v) is 7.72. The van der Waals surface area contributed by atoms with Crippen molar-refractivity contribution in [2.45, 2.75) is 0 Å². The molecule has 0 aliphatic carbocycles. The molecule has 7 heteroatoms. The van der Waals surface area contributed by atoms with E-state index in [9.17, 15) is 4.79 Å². The molecule has 0 atom stereocenters. The van der Waals surface area contributed by atoms with Gasteiger partial charge < -0.3 is 15.2 Å². The van der Waals surface area contributed by atoms with E-state index in [-0.39, 0.29) is 0 Å². The Kier molecular flexibility index (Phi) is 4.33. The van der Waals surface area contributed by atoms with Gasteiger partial charge in [-0.25, -0.2) is 9.78 Å². The summed E-state index contributed by atoms with van der Waals surface area (Å²) in [5.74, 6) is -0.910. The van der Waals surface area contributed by atoms with Gasteiger partial charge in [-0.15, -0.1) is 0 Å². The zero-order valence-corrected chi connectivity index (χ0v) is 12.4. The van der Waals surface area contributed by atoms with Gasteiger partial charge in [-0.2, -0.15) is 0 Å². The van der Waals surface area contributed by atoms with Crippen molar-refractivity contribution in [2.75, 3.05) is 44.7 Å². The highest BCUT2D eigenvalue weighted by atomic mass is 32.1. The maximum Gasteiger partial charge on any atom is 0.335 e. The van der Waals surface area contributed by atoms with Crippen LogP contribution in [0.5, 0.6) is 0 Å². The van der Waals surface area contributed by atoms with Crippen LogP contribution in [0.25, 0.3) is 10.2 Å². The summed E-state index contributed by atoms with van der Waals surface area (Å²) in [6.07, 6.45) is 0. The Hall–Kier alpha value is -1.70. The van der Waals surface area contributed by atoms with Gasteiger partial charge in [-0.1, -0.05) is 11.3 Å². The topological polar surface area (TPSA) is 74.7 Å². The average molecular weight is 307 g/mol. The summed E-state index contributed by atoms with van der Waals surface area (Å²) in [6, 6.07) is 5.01. The van der Waals surface area contributed by atoms with Crippen LogP contribution in [0.3, 0.4) is 0 Å². The molecule has 21 heavy (non-hydrogen) atoms. The molecule has 0 saturated carbocycles. The second-order valence-electron chi connectivity index (χ2n) is 4.89. The van der Waals surface area contributed by atoms with Gasteiger partial charge in [0, 0.05) is 26.2 Å². The molecule has 0 unspecified atom stereocenters. The standard InChI is InChI=1S/C14H17N3O3S/c18-13(19)10-1-2-11-12(9-10)21-14(16-11)15-3-4-17-5-7-20-8-6-17/h1-2,9H,3-8H2,(H,15,16)(H,18,19). The van der Waals surface area contributed by atoms with Crippen molar-refractivity contribution < 1.29 is 14.6 Å². The van der Waals surface area contributed by atoms with Crippen LogP contribution >= 0.6 is 11.3 Å². The molecule has 2 N–H and O–H groups in total. The summed E-state index contributed by atoms with van der Waals surface area (Å²) in [7, 11) is 0. The maximum absolute atomic E-state index is 11.0. The number of thiazole rings is 1. The van der Waals surface area contributed by atoms with Crippen molar-refractivity contribution in [2.24, 2.45) is 0 Å². The van der Waals surface area contributed by atoms with Crippen LogP contribution < -0.4 is 5.32 Å². The summed E-state index contributed by atoms with van der Waals surface area (Å²) in [4.78, 5) is 17.8. The summed E-state index contributed by atoms with van der Waals surface area (Å²) in [6.45, 7) is 5.34. The van der Waals surface area contributed by atoms with Crippen molar-refractivity contribution in [3.8, 4) is 0 Å². The fourth-order valence-corrected chi connectivity index (χ4v) is 3.21. The van der Waals surface area contributed by atoms with Crippen LogP contribution in [-0.4, -0.2) is 60.4 Å². The number of aromatic nitrogens is 1. The lowest BCUT2D eigenvalue weighted by molar-refractivity contribution is 0.0398. The number of ether oxygens (including phenoxy) is 1. The first-order valence-electron chi connectivity index (χ1n) is 6.90. The predicted molar refractivity (Wildman–Crippen MR) is 82.3 cm³/mol. The number of fused-ring (bicyclic) bond motifs is 1. The number of carbonyl (C=O) groups is 1. The van der Waals surface area contributed by atoms with Crippen molar-refractivity contribution >= 4 is 32.7 Å². The zero-order valence-electron chi connectivity index (χ0n) is 11.5. The third-order valence-electron chi connectivity index (χ3n) is 3.44. The van der Waals surface area contributed by atoms with Crippen LogP contribution in [-0.2, 0) is 4.74 Å². The SMILES string of the molecule is O=C(O)c1ccc2nc(NCCN3CCOCC3)sc2c1. The van der Waals surface area contributed by atoms with Gasteiger partial charge in [0.05, 0.1) is 29.0 Å². The Morgan fingerprint density at radius 1 is 1.43 bits per heavy atom. The Balaban J connectivity index is 1.60. The summed E-state index contributed by atoms with van der Waals surface area (Å²) in [5.41, 5.74) is 1.13. The fourth-order valence-electron chi connectivity index (χ4n) is 2.28. The number of nitrogens with zero attached hydrogens (tertiary/aromatic N) is 2. The normalized spacial score (nSPS) is 16.2. The second kappa shape index (κ2) is 6.38. The van der Waals surface area contributed by atoms with Crippen molar-refractivity contribution in [1.82, 2.24) is 9.88 Å². The molecular weight excluding hydrogens is 290 g/mol. The average Bonchev–Trinajstić information content (AvgIpc) is 2.90. The molecule has 1 aliphatic rings. The summed E-state index contributed by atoms with van der Waals surface area (Å²) >= 11 is 1.49. The van der Waals surface area contributed by atoms with E-state index in [0.29, 0.717) is 5.56 Å². The predicted octanol–water partition coefficient (Wildman–Crippen LogP) is 1.74. The number of rotatable bonds is 5. The number of hydrogen-bond acceptors (Lipinski definition) is 6. The molecule has 2 aromatic rings. The van der Waals surface area contributed by atoms with E-state index in [0.717, 1.165) is 54.7 Å². The van der Waals surface area contributed by atoms with Crippen LogP contribution in [0.1, 0.15) is 10.4 Å². The number of benzene rings is 1. The molecular formula is C14H17N3O3S. The molecule has 0 spiro atoms. The van der Waals surface area contributed by atoms with Crippen LogP contribution in [0, 0.1) is 0 Å². The van der Waals surface area contributed by atoms with Gasteiger partial charge in [0.25, 0.3) is 0 Å². The Bertz CT molecular complexity index is 637. The van der Waals surface area contributed by atoms with Crippen LogP contribution in [0.4, 0.5) is 5.13 Å². The third kappa shape index (κ3) is 3.49. The van der Waals surface area contributed by atoms with Gasteiger partial charge in [-0.05, 0) is 18.2 Å². The van der Waals surface area contributed by atoms with E-state index in [1.165, 1.54) is 11.3 Å². The van der Waals surface area contributed by atoms with E-state index in [4.69, 9.17) is 9.84 Å². The number of carboxylic acid groups (broad SMARTS) is 1. The zero-order chi connectivity index (χ0) is 14.7. The minimum atomic E-state index is -0.910. The van der Waals surface area contributed by atoms with Gasteiger partial charge in [0.15, 0.2) is 5.13 Å². The highest BCUT2D eigenvalue weighted by Crippen LogP contribution is 2.26. The lowest BCUT2D eigenvalue weighted by atomic mass is 10.2. The molecule has 1 aromatic heterocycles. The molecule has 0 bridgehead atoms. The van der Waals surface area contributed by atoms with Gasteiger partial charge >= 0.3 is 5.97 Å². The minimum absolute atomic E-state index is 0.297. The second-order valence-corrected chi connectivity index (χ2v) is 5.92. The maximum atomic E-state index is 11.0. The number of morpholine rings is 1. The van der Waals surface area contributed by atoms with Gasteiger partial charge in [0.1, 0.15) is 0 Å². The molecule has 6 nitrogen and oxygen atoms in total. The first-order chi connectivity index (χ1) is 10.2. The molecule has 0 radical (unpaired) electrons. The molecule has 0 amide bonds. The largest absolute Gasteiger partial charge is 0.478 e. The smallest absolute Gasteiger partial charge is 0.335 e. The highest BCUT2D eigenvalue weighted by Gasteiger charge is 2.11. The van der Waals surface area contributed by atoms with E-state index >= 15 is 0 Å². The lowest BCUT2D eigenvalue weighted by Crippen LogP contribution is -2.38. The molecule has 2 heterocycles. The molecule has 1 aliphatic heterocycles. The van der Waals surface area contributed by atoms with E-state index in [1.807, 2.05) is 0 Å². The van der Waals surface area contributed by atoms with Crippen LogP contribution in [0.2, 0.25) is 0 Å². The Morgan fingerprint density at radius 3 is 3.00 bits per heavy atom. The quantitative estimate of drug-likeness (QED) is 0.876. The molecule has 1 aromatic carbocycles. The Labute approximate surface area is 126 Å². The third-order valence-corrected chi connectivity index (χ3v) is 4.42. The Morgan fingerprint density at radius 2 is 2.24 bits per heavy atom. The monoisotopic (exact) mass is 307 g/mol. The number of anilines is 1. The van der Waals surface area contributed by atoms with E-state index < -0.39 is 5.97 Å². The number of aromatic carboxylic acids is 1. The van der Waals surface area contributed by atoms with Crippen molar-refractivity contribution in [3.63, 3.8) is 0 Å². The van der Waals surface area contributed by atoms with Crippen LogP contribution in [0.15, 0.2) is 18.2 Å². The van der Waals surface area contributed by atoms with Gasteiger partial charge in [0.2, 0.25) is 0 Å². The number of nitrogens with one attached hydrogen (secondary N) is 1. The number of hydrogen-bond donors (Lipinski definition) is 2. The summed E-state index contributed by atoms with van der Waals surface area (Å²) < 4.78 is 6.21. The molecule has 112 valence electrons. The van der Waals surface area contributed by atoms with E-state index in [2.05, 4.69) is 15.2 Å². The lowest BCUT2D eigenvalue weighted by Gasteiger charge is -2.26. The van der Waals surface area contributed by atoms with Crippen molar-refractivity contribution in [3.05, 3.63) is 23.8 Å².